The lowest BCUT2D eigenvalue weighted by molar-refractivity contribution is -0.936. The van der Waals surface area contributed by atoms with Crippen molar-refractivity contribution in [1.82, 2.24) is 9.21 Å². The number of amides is 1. The molecular weight excluding hydrogens is 568 g/mol. The Kier molecular flexibility index (Phi) is 7.84. The summed E-state index contributed by atoms with van der Waals surface area (Å²) in [4.78, 5) is 17.2. The molecule has 1 N–H and O–H groups in total. The Morgan fingerprint density at radius 2 is 1.73 bits per heavy atom. The highest BCUT2D eigenvalue weighted by Crippen LogP contribution is 2.48. The van der Waals surface area contributed by atoms with E-state index in [4.69, 9.17) is 11.6 Å². The maximum absolute atomic E-state index is 15.0. The van der Waals surface area contributed by atoms with E-state index in [1.807, 2.05) is 24.8 Å². The molecule has 2 aromatic carbocycles. The summed E-state index contributed by atoms with van der Waals surface area (Å²) in [6, 6.07) is 7.32. The van der Waals surface area contributed by atoms with Gasteiger partial charge in [-0.1, -0.05) is 23.7 Å². The maximum atomic E-state index is 15.0. The molecule has 2 unspecified atom stereocenters. The molecule has 3 aliphatic rings. The topological polar surface area (TPSA) is 62.1 Å². The van der Waals surface area contributed by atoms with E-state index in [-0.39, 0.29) is 23.4 Å². The van der Waals surface area contributed by atoms with Crippen LogP contribution in [0.3, 0.4) is 0 Å². The molecule has 0 saturated carbocycles. The molecule has 0 aromatic heterocycles. The van der Waals surface area contributed by atoms with E-state index >= 15 is 0 Å². The third-order valence-electron chi connectivity index (χ3n) is 9.86. The predicted octanol–water partition coefficient (Wildman–Crippen LogP) is 4.22. The number of carbonyl (C=O) groups is 1. The van der Waals surface area contributed by atoms with Gasteiger partial charge in [-0.3, -0.25) is 4.79 Å². The summed E-state index contributed by atoms with van der Waals surface area (Å²) in [6.45, 7) is 12.7. The number of halogens is 3. The number of hydrogen-bond acceptors (Lipinski definition) is 3. The molecule has 2 fully saturated rings. The Morgan fingerprint density at radius 1 is 1.07 bits per heavy atom. The van der Waals surface area contributed by atoms with Crippen LogP contribution in [0, 0.1) is 24.5 Å². The summed E-state index contributed by atoms with van der Waals surface area (Å²) in [6.07, 6.45) is 2.47. The summed E-state index contributed by atoms with van der Waals surface area (Å²) < 4.78 is 55.9. The van der Waals surface area contributed by atoms with E-state index in [0.29, 0.717) is 56.2 Å². The first-order valence-electron chi connectivity index (χ1n) is 14.4. The van der Waals surface area contributed by atoms with Crippen LogP contribution in [0.1, 0.15) is 74.8 Å². The zero-order chi connectivity index (χ0) is 30.1. The van der Waals surface area contributed by atoms with Gasteiger partial charge in [0.2, 0.25) is 15.9 Å². The molecule has 0 bridgehead atoms. The number of piperidine rings is 1. The quantitative estimate of drug-likeness (QED) is 0.568. The van der Waals surface area contributed by atoms with E-state index < -0.39 is 33.0 Å². The number of nitrogens with one attached hydrogen (secondary N) is 1. The van der Waals surface area contributed by atoms with Crippen molar-refractivity contribution in [1.29, 1.82) is 0 Å². The fourth-order valence-electron chi connectivity index (χ4n) is 7.30. The Bertz CT molecular complexity index is 1470. The summed E-state index contributed by atoms with van der Waals surface area (Å²) in [5.41, 5.74) is 2.82. The van der Waals surface area contributed by atoms with E-state index in [0.717, 1.165) is 22.8 Å². The van der Waals surface area contributed by atoms with Crippen LogP contribution < -0.4 is 4.90 Å². The van der Waals surface area contributed by atoms with Crippen molar-refractivity contribution in [2.75, 3.05) is 39.0 Å². The lowest BCUT2D eigenvalue weighted by Crippen LogP contribution is -3.17. The molecule has 41 heavy (non-hydrogen) atoms. The molecule has 6 nitrogen and oxygen atoms in total. The highest BCUT2D eigenvalue weighted by atomic mass is 35.5. The first kappa shape index (κ1) is 30.4. The Labute approximate surface area is 247 Å². The van der Waals surface area contributed by atoms with Gasteiger partial charge in [-0.15, -0.1) is 0 Å². The van der Waals surface area contributed by atoms with Crippen molar-refractivity contribution in [2.24, 2.45) is 5.92 Å². The number of fused-ring (bicyclic) bond motifs is 2. The highest BCUT2D eigenvalue weighted by molar-refractivity contribution is 7.88. The van der Waals surface area contributed by atoms with Gasteiger partial charge in [0, 0.05) is 42.2 Å². The molecule has 1 spiro atoms. The molecule has 0 radical (unpaired) electrons. The molecule has 4 atom stereocenters. The second-order valence-corrected chi connectivity index (χ2v) is 15.8. The minimum absolute atomic E-state index is 0.00974. The third kappa shape index (κ3) is 5.55. The van der Waals surface area contributed by atoms with Crippen LogP contribution in [-0.4, -0.2) is 68.0 Å². The molecule has 2 saturated heterocycles. The third-order valence-corrected chi connectivity index (χ3v) is 11.6. The second-order valence-electron chi connectivity index (χ2n) is 13.4. The number of benzene rings is 2. The van der Waals surface area contributed by atoms with Crippen molar-refractivity contribution in [2.45, 2.75) is 70.4 Å². The smallest absolute Gasteiger partial charge is 0.232 e. The van der Waals surface area contributed by atoms with Gasteiger partial charge in [0.05, 0.1) is 36.7 Å². The maximum Gasteiger partial charge on any atom is 0.232 e. The lowest BCUT2D eigenvalue weighted by Gasteiger charge is -2.50. The second kappa shape index (κ2) is 10.6. The minimum atomic E-state index is -3.48. The minimum Gasteiger partial charge on any atom is -0.342 e. The van der Waals surface area contributed by atoms with Gasteiger partial charge in [-0.05, 0) is 81.8 Å². The predicted molar refractivity (Wildman–Crippen MR) is 157 cm³/mol. The summed E-state index contributed by atoms with van der Waals surface area (Å²) in [7, 11) is -3.48. The Morgan fingerprint density at radius 3 is 2.32 bits per heavy atom. The number of hydrogen-bond donors (Lipinski definition) is 1. The van der Waals surface area contributed by atoms with Crippen LogP contribution in [0.15, 0.2) is 30.3 Å². The molecular formula is C31H41ClF2N3O3S+. The molecule has 1 amide bonds. The lowest BCUT2D eigenvalue weighted by atomic mass is 9.67. The molecule has 3 heterocycles. The normalized spacial score (nSPS) is 26.8. The van der Waals surface area contributed by atoms with Gasteiger partial charge in [0.1, 0.15) is 11.6 Å². The summed E-state index contributed by atoms with van der Waals surface area (Å²) in [5.74, 6) is -2.02. The van der Waals surface area contributed by atoms with Crippen molar-refractivity contribution >= 4 is 27.5 Å². The van der Waals surface area contributed by atoms with Gasteiger partial charge in [-0.2, -0.15) is 4.31 Å². The Balaban J connectivity index is 1.44. The number of aryl methyl sites for hydroxylation is 1. The van der Waals surface area contributed by atoms with Gasteiger partial charge < -0.3 is 9.80 Å². The summed E-state index contributed by atoms with van der Waals surface area (Å²) >= 11 is 6.50. The standard InChI is InChI=1S/C31H40ClF2N3O3S/c1-19-13-26-23(15-27(19)32)20(2)37(41(6,39)40)18-31(26)9-11-35(12-10-31)29(38)25-17-36(30(3,4)5)16-24(25)22-8-7-21(33)14-28(22)34/h7-8,13-15,20,24-25H,9-12,16-18H2,1-6H3/p+1/t20-,24-,25?/m0/s1. The van der Waals surface area contributed by atoms with Crippen molar-refractivity contribution in [3.8, 4) is 0 Å². The first-order valence-corrected chi connectivity index (χ1v) is 16.6. The van der Waals surface area contributed by atoms with Crippen LogP contribution in [0.25, 0.3) is 0 Å². The number of likely N-dealkylation sites (tertiary alicyclic amines) is 2. The van der Waals surface area contributed by atoms with Gasteiger partial charge >= 0.3 is 0 Å². The van der Waals surface area contributed by atoms with E-state index in [1.165, 1.54) is 23.3 Å². The van der Waals surface area contributed by atoms with Gasteiger partial charge in [0.15, 0.2) is 0 Å². The van der Waals surface area contributed by atoms with Crippen molar-refractivity contribution in [3.63, 3.8) is 0 Å². The van der Waals surface area contributed by atoms with E-state index in [9.17, 15) is 22.0 Å². The average Bonchev–Trinajstić information content (AvgIpc) is 3.33. The zero-order valence-corrected chi connectivity index (χ0v) is 26.3. The largest absolute Gasteiger partial charge is 0.342 e. The number of quaternary nitrogens is 1. The highest BCUT2D eigenvalue weighted by Gasteiger charge is 2.51. The molecule has 224 valence electrons. The molecule has 10 heteroatoms. The molecule has 0 aliphatic carbocycles. The molecule has 2 aromatic rings. The van der Waals surface area contributed by atoms with Crippen LogP contribution in [0.2, 0.25) is 5.02 Å². The van der Waals surface area contributed by atoms with Crippen LogP contribution in [-0.2, 0) is 20.2 Å². The van der Waals surface area contributed by atoms with Crippen LogP contribution >= 0.6 is 11.6 Å². The van der Waals surface area contributed by atoms with E-state index in [2.05, 4.69) is 26.8 Å². The monoisotopic (exact) mass is 608 g/mol. The summed E-state index contributed by atoms with van der Waals surface area (Å²) in [5, 5.41) is 0.611. The molecule has 3 aliphatic heterocycles. The average molecular weight is 609 g/mol. The van der Waals surface area contributed by atoms with Crippen LogP contribution in [0.4, 0.5) is 8.78 Å². The fraction of sp³-hybridized carbons (Fsp3) is 0.581. The zero-order valence-electron chi connectivity index (χ0n) is 24.7. The van der Waals surface area contributed by atoms with Crippen LogP contribution in [0.5, 0.6) is 0 Å². The number of nitrogens with zero attached hydrogens (tertiary/aromatic N) is 2. The number of sulfonamides is 1. The van der Waals surface area contributed by atoms with Gasteiger partial charge in [-0.25, -0.2) is 17.2 Å². The van der Waals surface area contributed by atoms with Crippen molar-refractivity contribution in [3.05, 3.63) is 69.2 Å². The Hall–Kier alpha value is -2.07. The number of carbonyl (C=O) groups excluding carboxylic acids is 1. The first-order chi connectivity index (χ1) is 19.0. The number of rotatable bonds is 3. The molecule has 5 rings (SSSR count). The van der Waals surface area contributed by atoms with Gasteiger partial charge in [0.25, 0.3) is 0 Å². The fourth-order valence-corrected chi connectivity index (χ4v) is 8.64. The SMILES string of the molecule is Cc1cc2c(cc1Cl)[C@H](C)N(S(C)(=O)=O)CC21CCN(C(=O)C2C[NH+](C(C)(C)C)C[C@H]2c2ccc(F)cc2F)CC1. The van der Waals surface area contributed by atoms with Crippen molar-refractivity contribution < 1.29 is 26.9 Å². The van der Waals surface area contributed by atoms with E-state index in [1.54, 1.807) is 4.31 Å².